The van der Waals surface area contributed by atoms with Crippen molar-refractivity contribution in [2.45, 2.75) is 19.8 Å². The molecule has 1 aliphatic rings. The first-order chi connectivity index (χ1) is 11.3. The van der Waals surface area contributed by atoms with Crippen LogP contribution in [0.15, 0.2) is 30.3 Å². The molecular formula is C18H24ClN3O2. The third-order valence-corrected chi connectivity index (χ3v) is 4.07. The molecule has 5 nitrogen and oxygen atoms in total. The molecule has 0 spiro atoms. The second kappa shape index (κ2) is 8.85. The number of fused-ring (bicyclic) bond motifs is 1. The van der Waals surface area contributed by atoms with Crippen LogP contribution in [0, 0.1) is 0 Å². The highest BCUT2D eigenvalue weighted by molar-refractivity contribution is 5.99. The van der Waals surface area contributed by atoms with Gasteiger partial charge in [0.25, 0.3) is 0 Å². The van der Waals surface area contributed by atoms with E-state index in [0.717, 1.165) is 55.7 Å². The number of pyridine rings is 1. The number of benzene rings is 1. The van der Waals surface area contributed by atoms with Gasteiger partial charge in [0, 0.05) is 31.6 Å². The maximum Gasteiger partial charge on any atom is 0.341 e. The van der Waals surface area contributed by atoms with Crippen LogP contribution in [0.3, 0.4) is 0 Å². The van der Waals surface area contributed by atoms with Crippen molar-refractivity contribution >= 4 is 35.1 Å². The minimum atomic E-state index is -0.273. The number of unbranched alkanes of at least 4 members (excludes halogenated alkanes) is 1. The number of nitrogens with zero attached hydrogens (tertiary/aromatic N) is 2. The molecule has 24 heavy (non-hydrogen) atoms. The molecule has 3 rings (SSSR count). The number of aromatic nitrogens is 1. The number of esters is 1. The van der Waals surface area contributed by atoms with E-state index in [9.17, 15) is 4.79 Å². The van der Waals surface area contributed by atoms with Gasteiger partial charge < -0.3 is 15.0 Å². The van der Waals surface area contributed by atoms with Crippen molar-refractivity contribution in [1.82, 2.24) is 10.3 Å². The minimum Gasteiger partial charge on any atom is -0.462 e. The molecule has 0 saturated carbocycles. The molecule has 1 saturated heterocycles. The van der Waals surface area contributed by atoms with Crippen LogP contribution in [0.2, 0.25) is 0 Å². The molecule has 0 atom stereocenters. The molecule has 0 aliphatic carbocycles. The van der Waals surface area contributed by atoms with E-state index >= 15 is 0 Å². The average Bonchev–Trinajstić information content (AvgIpc) is 2.61. The number of ether oxygens (including phenoxy) is 1. The lowest BCUT2D eigenvalue weighted by Crippen LogP contribution is -2.44. The number of piperazine rings is 1. The fourth-order valence-corrected chi connectivity index (χ4v) is 2.76. The molecule has 130 valence electrons. The Morgan fingerprint density at radius 1 is 1.29 bits per heavy atom. The molecule has 6 heteroatoms. The van der Waals surface area contributed by atoms with Gasteiger partial charge in [-0.25, -0.2) is 9.78 Å². The number of hydrogen-bond acceptors (Lipinski definition) is 5. The highest BCUT2D eigenvalue weighted by Crippen LogP contribution is 2.25. The van der Waals surface area contributed by atoms with Gasteiger partial charge in [-0.2, -0.15) is 0 Å². The van der Waals surface area contributed by atoms with Crippen LogP contribution in [0.5, 0.6) is 0 Å². The van der Waals surface area contributed by atoms with Crippen molar-refractivity contribution in [3.63, 3.8) is 0 Å². The Morgan fingerprint density at radius 2 is 2.04 bits per heavy atom. The van der Waals surface area contributed by atoms with E-state index in [0.29, 0.717) is 12.2 Å². The van der Waals surface area contributed by atoms with Gasteiger partial charge in [0.1, 0.15) is 11.4 Å². The van der Waals surface area contributed by atoms with E-state index in [4.69, 9.17) is 9.72 Å². The molecule has 1 fully saturated rings. The molecule has 0 unspecified atom stereocenters. The number of para-hydroxylation sites is 1. The SMILES string of the molecule is CCCCOC(=O)c1cc2ccccc2nc1N1CCNCC1.Cl. The van der Waals surface area contributed by atoms with Gasteiger partial charge in [-0.3, -0.25) is 0 Å². The number of carbonyl (C=O) groups excluding carboxylic acids is 1. The van der Waals surface area contributed by atoms with Crippen molar-refractivity contribution in [2.24, 2.45) is 0 Å². The number of halogens is 1. The smallest absolute Gasteiger partial charge is 0.341 e. The molecule has 0 amide bonds. The Kier molecular flexibility index (Phi) is 6.82. The molecular weight excluding hydrogens is 326 g/mol. The fourth-order valence-electron chi connectivity index (χ4n) is 2.76. The van der Waals surface area contributed by atoms with Crippen LogP contribution in [0.4, 0.5) is 5.82 Å². The number of hydrogen-bond donors (Lipinski definition) is 1. The summed E-state index contributed by atoms with van der Waals surface area (Å²) in [5, 5.41) is 4.29. The Labute approximate surface area is 148 Å². The van der Waals surface area contributed by atoms with Crippen LogP contribution < -0.4 is 10.2 Å². The molecule has 1 aromatic heterocycles. The number of nitrogens with one attached hydrogen (secondary N) is 1. The summed E-state index contributed by atoms with van der Waals surface area (Å²) in [5.74, 6) is 0.469. The second-order valence-corrected chi connectivity index (χ2v) is 5.78. The maximum absolute atomic E-state index is 12.5. The summed E-state index contributed by atoms with van der Waals surface area (Å²) < 4.78 is 5.43. The predicted molar refractivity (Wildman–Crippen MR) is 99.3 cm³/mol. The summed E-state index contributed by atoms with van der Waals surface area (Å²) in [7, 11) is 0. The first-order valence-corrected chi connectivity index (χ1v) is 8.32. The summed E-state index contributed by atoms with van der Waals surface area (Å²) >= 11 is 0. The standard InChI is InChI=1S/C18H23N3O2.ClH/c1-2-3-12-23-18(22)15-13-14-6-4-5-7-16(14)20-17(15)21-10-8-19-9-11-21;/h4-7,13,19H,2-3,8-12H2,1H3;1H. The van der Waals surface area contributed by atoms with Gasteiger partial charge in [-0.1, -0.05) is 31.5 Å². The number of carbonyl (C=O) groups is 1. The van der Waals surface area contributed by atoms with E-state index < -0.39 is 0 Å². The van der Waals surface area contributed by atoms with Crippen molar-refractivity contribution < 1.29 is 9.53 Å². The average molecular weight is 350 g/mol. The van der Waals surface area contributed by atoms with E-state index in [-0.39, 0.29) is 18.4 Å². The summed E-state index contributed by atoms with van der Waals surface area (Å²) in [6.07, 6.45) is 1.89. The van der Waals surface area contributed by atoms with Gasteiger partial charge in [-0.05, 0) is 18.6 Å². The molecule has 0 bridgehead atoms. The number of rotatable bonds is 5. The molecule has 0 radical (unpaired) electrons. The lowest BCUT2D eigenvalue weighted by molar-refractivity contribution is 0.0500. The van der Waals surface area contributed by atoms with Gasteiger partial charge >= 0.3 is 5.97 Å². The summed E-state index contributed by atoms with van der Waals surface area (Å²) in [6.45, 7) is 6.04. The highest BCUT2D eigenvalue weighted by atomic mass is 35.5. The maximum atomic E-state index is 12.5. The second-order valence-electron chi connectivity index (χ2n) is 5.78. The molecule has 1 N–H and O–H groups in total. The Hall–Kier alpha value is -1.85. The normalized spacial score (nSPS) is 14.3. The zero-order chi connectivity index (χ0) is 16.1. The van der Waals surface area contributed by atoms with Crippen LogP contribution in [0.1, 0.15) is 30.1 Å². The third-order valence-electron chi connectivity index (χ3n) is 4.07. The number of anilines is 1. The minimum absolute atomic E-state index is 0. The van der Waals surface area contributed by atoms with Gasteiger partial charge in [0.15, 0.2) is 0 Å². The Bertz CT molecular complexity index is 687. The molecule has 2 heterocycles. The van der Waals surface area contributed by atoms with Gasteiger partial charge in [0.2, 0.25) is 0 Å². The van der Waals surface area contributed by atoms with Crippen LogP contribution >= 0.6 is 12.4 Å². The van der Waals surface area contributed by atoms with Crippen molar-refractivity contribution in [1.29, 1.82) is 0 Å². The Morgan fingerprint density at radius 3 is 2.79 bits per heavy atom. The molecule has 1 aromatic carbocycles. The van der Waals surface area contributed by atoms with Crippen LogP contribution in [0.25, 0.3) is 10.9 Å². The predicted octanol–water partition coefficient (Wildman–Crippen LogP) is 3.02. The lowest BCUT2D eigenvalue weighted by atomic mass is 10.1. The van der Waals surface area contributed by atoms with Gasteiger partial charge in [-0.15, -0.1) is 12.4 Å². The molecule has 1 aliphatic heterocycles. The summed E-state index contributed by atoms with van der Waals surface area (Å²) in [4.78, 5) is 19.4. The lowest BCUT2D eigenvalue weighted by Gasteiger charge is -2.29. The van der Waals surface area contributed by atoms with Crippen LogP contribution in [-0.2, 0) is 4.74 Å². The molecule has 2 aromatic rings. The highest BCUT2D eigenvalue weighted by Gasteiger charge is 2.21. The summed E-state index contributed by atoms with van der Waals surface area (Å²) in [6, 6.07) is 9.80. The third kappa shape index (κ3) is 4.16. The van der Waals surface area contributed by atoms with E-state index in [1.165, 1.54) is 0 Å². The van der Waals surface area contributed by atoms with Crippen molar-refractivity contribution in [2.75, 3.05) is 37.7 Å². The zero-order valence-electron chi connectivity index (χ0n) is 14.0. The largest absolute Gasteiger partial charge is 0.462 e. The quantitative estimate of drug-likeness (QED) is 0.664. The van der Waals surface area contributed by atoms with E-state index in [1.54, 1.807) is 0 Å². The first kappa shape index (κ1) is 18.5. The van der Waals surface area contributed by atoms with Crippen molar-refractivity contribution in [3.8, 4) is 0 Å². The monoisotopic (exact) mass is 349 g/mol. The zero-order valence-corrected chi connectivity index (χ0v) is 14.8. The van der Waals surface area contributed by atoms with Gasteiger partial charge in [0.05, 0.1) is 12.1 Å². The first-order valence-electron chi connectivity index (χ1n) is 8.32. The van der Waals surface area contributed by atoms with Crippen LogP contribution in [-0.4, -0.2) is 43.7 Å². The Balaban J connectivity index is 0.00000208. The topological polar surface area (TPSA) is 54.5 Å². The van der Waals surface area contributed by atoms with E-state index in [2.05, 4.69) is 17.1 Å². The fraction of sp³-hybridized carbons (Fsp3) is 0.444. The van der Waals surface area contributed by atoms with E-state index in [1.807, 2.05) is 30.3 Å². The summed E-state index contributed by atoms with van der Waals surface area (Å²) in [5.41, 5.74) is 1.48. The van der Waals surface area contributed by atoms with Crippen molar-refractivity contribution in [3.05, 3.63) is 35.9 Å².